The largest absolute Gasteiger partial charge is 0.573 e. The molecule has 1 rings (SSSR count). The molecule has 3 nitrogen and oxygen atoms in total. The van der Waals surface area contributed by atoms with Crippen molar-refractivity contribution in [3.8, 4) is 5.75 Å². The molecule has 1 aromatic rings. The molecule has 0 bridgehead atoms. The summed E-state index contributed by atoms with van der Waals surface area (Å²) in [6, 6.07) is 0.596. The van der Waals surface area contributed by atoms with Gasteiger partial charge in [-0.25, -0.2) is 4.98 Å². The number of ether oxygens (including phenoxy) is 1. The van der Waals surface area contributed by atoms with Crippen molar-refractivity contribution in [1.29, 1.82) is 0 Å². The van der Waals surface area contributed by atoms with Crippen LogP contribution in [-0.2, 0) is 12.7 Å². The van der Waals surface area contributed by atoms with Crippen LogP contribution in [0.1, 0.15) is 17.0 Å². The summed E-state index contributed by atoms with van der Waals surface area (Å²) < 4.78 is 76.8. The van der Waals surface area contributed by atoms with E-state index in [1.54, 1.807) is 0 Å². The van der Waals surface area contributed by atoms with Gasteiger partial charge in [-0.2, -0.15) is 13.2 Å². The Morgan fingerprint density at radius 3 is 2.17 bits per heavy atom. The highest BCUT2D eigenvalue weighted by Gasteiger charge is 2.41. The molecular formula is C9H8F6N2O. The lowest BCUT2D eigenvalue weighted by atomic mass is 10.1. The minimum atomic E-state index is -5.23. The molecule has 0 saturated heterocycles. The maximum Gasteiger partial charge on any atom is 0.573 e. The molecule has 0 aliphatic carbocycles. The summed E-state index contributed by atoms with van der Waals surface area (Å²) in [5.41, 5.74) is 3.40. The van der Waals surface area contributed by atoms with Gasteiger partial charge in [0.25, 0.3) is 0 Å². The van der Waals surface area contributed by atoms with Gasteiger partial charge in [-0.3, -0.25) is 0 Å². The maximum absolute atomic E-state index is 12.5. The number of hydrogen-bond acceptors (Lipinski definition) is 3. The van der Waals surface area contributed by atoms with Crippen LogP contribution in [-0.4, -0.2) is 11.3 Å². The second-order valence-corrected chi connectivity index (χ2v) is 3.33. The fourth-order valence-electron chi connectivity index (χ4n) is 1.24. The van der Waals surface area contributed by atoms with Crippen molar-refractivity contribution in [3.05, 3.63) is 23.0 Å². The van der Waals surface area contributed by atoms with Crippen LogP contribution in [0.15, 0.2) is 6.07 Å². The molecule has 0 radical (unpaired) electrons. The van der Waals surface area contributed by atoms with Gasteiger partial charge in [0.05, 0.1) is 0 Å². The Kier molecular flexibility index (Phi) is 3.75. The molecule has 0 spiro atoms. The number of nitrogens with zero attached hydrogens (tertiary/aromatic N) is 1. The van der Waals surface area contributed by atoms with Crippen molar-refractivity contribution in [1.82, 2.24) is 4.98 Å². The summed E-state index contributed by atoms with van der Waals surface area (Å²) in [4.78, 5) is 3.07. The predicted octanol–water partition coefficient (Wildman–Crippen LogP) is 2.77. The first-order chi connectivity index (χ1) is 8.04. The minimum absolute atomic E-state index is 0.0438. The van der Waals surface area contributed by atoms with E-state index in [0.29, 0.717) is 6.07 Å². The van der Waals surface area contributed by atoms with Crippen molar-refractivity contribution in [2.45, 2.75) is 26.0 Å². The van der Waals surface area contributed by atoms with E-state index < -0.39 is 24.0 Å². The highest BCUT2D eigenvalue weighted by Crippen LogP contribution is 2.37. The Morgan fingerprint density at radius 1 is 1.22 bits per heavy atom. The SMILES string of the molecule is Cc1nc(C(F)(F)F)c(OC(F)(F)F)cc1CN. The third-order valence-corrected chi connectivity index (χ3v) is 2.00. The topological polar surface area (TPSA) is 48.1 Å². The molecule has 102 valence electrons. The number of alkyl halides is 6. The Hall–Kier alpha value is -1.51. The van der Waals surface area contributed by atoms with E-state index in [1.165, 1.54) is 6.92 Å². The average molecular weight is 274 g/mol. The molecule has 1 heterocycles. The standard InChI is InChI=1S/C9H8F6N2O/c1-4-5(3-16)2-6(18-9(13,14)15)7(17-4)8(10,11)12/h2H,3,16H2,1H3. The molecule has 0 saturated carbocycles. The van der Waals surface area contributed by atoms with Gasteiger partial charge in [-0.15, -0.1) is 13.2 Å². The number of rotatable bonds is 2. The van der Waals surface area contributed by atoms with E-state index in [-0.39, 0.29) is 17.8 Å². The fourth-order valence-corrected chi connectivity index (χ4v) is 1.24. The first-order valence-electron chi connectivity index (χ1n) is 4.58. The quantitative estimate of drug-likeness (QED) is 0.843. The van der Waals surface area contributed by atoms with E-state index in [2.05, 4.69) is 9.72 Å². The van der Waals surface area contributed by atoms with Crippen LogP contribution in [0.3, 0.4) is 0 Å². The normalized spacial score (nSPS) is 12.7. The van der Waals surface area contributed by atoms with Gasteiger partial charge >= 0.3 is 12.5 Å². The number of hydrogen-bond donors (Lipinski definition) is 1. The third-order valence-electron chi connectivity index (χ3n) is 2.00. The molecule has 1 aromatic heterocycles. The summed E-state index contributed by atoms with van der Waals surface area (Å²) in [6.07, 6.45) is -10.3. The van der Waals surface area contributed by atoms with Crippen LogP contribution in [0.2, 0.25) is 0 Å². The van der Waals surface area contributed by atoms with E-state index >= 15 is 0 Å². The Balaban J connectivity index is 3.35. The van der Waals surface area contributed by atoms with Gasteiger partial charge in [0.1, 0.15) is 0 Å². The van der Waals surface area contributed by atoms with Gasteiger partial charge in [0, 0.05) is 12.2 Å². The highest BCUT2D eigenvalue weighted by molar-refractivity contribution is 5.37. The molecule has 0 atom stereocenters. The van der Waals surface area contributed by atoms with Crippen molar-refractivity contribution >= 4 is 0 Å². The molecule has 0 fully saturated rings. The van der Waals surface area contributed by atoms with Crippen LogP contribution >= 0.6 is 0 Å². The van der Waals surface area contributed by atoms with E-state index in [0.717, 1.165) is 0 Å². The monoisotopic (exact) mass is 274 g/mol. The van der Waals surface area contributed by atoms with Crippen molar-refractivity contribution in [2.24, 2.45) is 5.73 Å². The minimum Gasteiger partial charge on any atom is -0.403 e. The first kappa shape index (κ1) is 14.6. The third kappa shape index (κ3) is 3.49. The van der Waals surface area contributed by atoms with E-state index in [1.807, 2.05) is 0 Å². The summed E-state index contributed by atoms with van der Waals surface area (Å²) in [5, 5.41) is 0. The summed E-state index contributed by atoms with van der Waals surface area (Å²) >= 11 is 0. The van der Waals surface area contributed by atoms with Gasteiger partial charge < -0.3 is 10.5 Å². The van der Waals surface area contributed by atoms with Gasteiger partial charge in [0.2, 0.25) is 0 Å². The molecule has 18 heavy (non-hydrogen) atoms. The van der Waals surface area contributed by atoms with Crippen molar-refractivity contribution < 1.29 is 31.1 Å². The predicted molar refractivity (Wildman–Crippen MR) is 48.6 cm³/mol. The van der Waals surface area contributed by atoms with Crippen molar-refractivity contribution in [2.75, 3.05) is 0 Å². The number of halogens is 6. The zero-order chi connectivity index (χ0) is 14.1. The molecule has 9 heteroatoms. The lowest BCUT2D eigenvalue weighted by Crippen LogP contribution is -2.22. The smallest absolute Gasteiger partial charge is 0.403 e. The molecular weight excluding hydrogens is 266 g/mol. The zero-order valence-electron chi connectivity index (χ0n) is 8.99. The Labute approximate surface area is 97.6 Å². The average Bonchev–Trinajstić information content (AvgIpc) is 2.16. The zero-order valence-corrected chi connectivity index (χ0v) is 8.99. The lowest BCUT2D eigenvalue weighted by molar-refractivity contribution is -0.276. The second kappa shape index (κ2) is 4.63. The van der Waals surface area contributed by atoms with Crippen molar-refractivity contribution in [3.63, 3.8) is 0 Å². The molecule has 2 N–H and O–H groups in total. The summed E-state index contributed by atoms with van der Waals surface area (Å²) in [7, 11) is 0. The lowest BCUT2D eigenvalue weighted by Gasteiger charge is -2.16. The van der Waals surface area contributed by atoms with Gasteiger partial charge in [-0.05, 0) is 18.6 Å². The number of pyridine rings is 1. The number of aryl methyl sites for hydroxylation is 1. The first-order valence-corrected chi connectivity index (χ1v) is 4.58. The van der Waals surface area contributed by atoms with E-state index in [4.69, 9.17) is 5.73 Å². The molecule has 0 amide bonds. The fraction of sp³-hybridized carbons (Fsp3) is 0.444. The van der Waals surface area contributed by atoms with Gasteiger partial charge in [-0.1, -0.05) is 0 Å². The molecule has 0 aliphatic rings. The summed E-state index contributed by atoms with van der Waals surface area (Å²) in [6.45, 7) is 0.972. The molecule has 0 unspecified atom stereocenters. The molecule has 0 aliphatic heterocycles. The second-order valence-electron chi connectivity index (χ2n) is 3.33. The number of nitrogens with two attached hydrogens (primary N) is 1. The highest BCUT2D eigenvalue weighted by atomic mass is 19.4. The molecule has 0 aromatic carbocycles. The summed E-state index contributed by atoms with van der Waals surface area (Å²) in [5.74, 6) is -1.40. The number of aromatic nitrogens is 1. The van der Waals surface area contributed by atoms with Crippen LogP contribution < -0.4 is 10.5 Å². The van der Waals surface area contributed by atoms with Crippen LogP contribution in [0.5, 0.6) is 5.75 Å². The van der Waals surface area contributed by atoms with E-state index in [9.17, 15) is 26.3 Å². The Bertz CT molecular complexity index is 440. The van der Waals surface area contributed by atoms with Crippen LogP contribution in [0.25, 0.3) is 0 Å². The Morgan fingerprint density at radius 2 is 1.78 bits per heavy atom. The maximum atomic E-state index is 12.5. The van der Waals surface area contributed by atoms with Gasteiger partial charge in [0.15, 0.2) is 11.4 Å². The van der Waals surface area contributed by atoms with Crippen LogP contribution in [0, 0.1) is 6.92 Å². The van der Waals surface area contributed by atoms with Crippen LogP contribution in [0.4, 0.5) is 26.3 Å².